The molecule has 0 aromatic heterocycles. The van der Waals surface area contributed by atoms with Crippen LogP contribution in [-0.4, -0.2) is 112 Å². The Labute approximate surface area is 172 Å². The van der Waals surface area contributed by atoms with Crippen LogP contribution < -0.4 is 5.32 Å². The van der Waals surface area contributed by atoms with Gasteiger partial charge in [0.15, 0.2) is 5.96 Å². The standard InChI is InChI=1S/C21H43N5O2/c1-5-22-21(23-18-19(3)25-14-12-24(6-2)13-15-25)26-10-8-20(9-11-26)28-17-7-16-27-4/h19-20H,5-18H2,1-4H3,(H,22,23). The summed E-state index contributed by atoms with van der Waals surface area (Å²) in [6.07, 6.45) is 3.51. The number of piperidine rings is 1. The summed E-state index contributed by atoms with van der Waals surface area (Å²) < 4.78 is 11.1. The third-order valence-corrected chi connectivity index (χ3v) is 5.91. The van der Waals surface area contributed by atoms with Crippen LogP contribution in [0, 0.1) is 0 Å². The van der Waals surface area contributed by atoms with E-state index in [0.717, 1.165) is 84.2 Å². The number of nitrogens with zero attached hydrogens (tertiary/aromatic N) is 4. The minimum absolute atomic E-state index is 0.379. The zero-order valence-corrected chi connectivity index (χ0v) is 18.7. The number of likely N-dealkylation sites (tertiary alicyclic amines) is 1. The van der Waals surface area contributed by atoms with Crippen molar-refractivity contribution in [3.63, 3.8) is 0 Å². The molecule has 2 rings (SSSR count). The van der Waals surface area contributed by atoms with Gasteiger partial charge in [-0.3, -0.25) is 9.89 Å². The van der Waals surface area contributed by atoms with Gasteiger partial charge in [0, 0.05) is 72.2 Å². The maximum Gasteiger partial charge on any atom is 0.193 e. The SMILES string of the molecule is CCNC(=NCC(C)N1CCN(CC)CC1)N1CCC(OCCCOC)CC1. The summed E-state index contributed by atoms with van der Waals surface area (Å²) in [4.78, 5) is 12.5. The van der Waals surface area contributed by atoms with E-state index in [1.54, 1.807) is 7.11 Å². The third kappa shape index (κ3) is 7.85. The van der Waals surface area contributed by atoms with E-state index >= 15 is 0 Å². The summed E-state index contributed by atoms with van der Waals surface area (Å²) in [5, 5.41) is 3.49. The fourth-order valence-electron chi connectivity index (χ4n) is 3.97. The normalized spacial score (nSPS) is 21.9. The Bertz CT molecular complexity index is 433. The summed E-state index contributed by atoms with van der Waals surface area (Å²) >= 11 is 0. The Balaban J connectivity index is 1.76. The number of piperazine rings is 1. The quantitative estimate of drug-likeness (QED) is 0.342. The van der Waals surface area contributed by atoms with Gasteiger partial charge in [-0.05, 0) is 39.7 Å². The summed E-state index contributed by atoms with van der Waals surface area (Å²) in [6.45, 7) is 18.0. The second-order valence-electron chi connectivity index (χ2n) is 7.92. The van der Waals surface area contributed by atoms with Crippen molar-refractivity contribution in [3.8, 4) is 0 Å². The Hall–Kier alpha value is -0.890. The number of nitrogens with one attached hydrogen (secondary N) is 1. The first kappa shape index (κ1) is 23.4. The first-order valence-corrected chi connectivity index (χ1v) is 11.3. The lowest BCUT2D eigenvalue weighted by Crippen LogP contribution is -2.51. The van der Waals surface area contributed by atoms with E-state index in [0.29, 0.717) is 12.1 Å². The maximum atomic E-state index is 5.99. The molecular weight excluding hydrogens is 354 g/mol. The van der Waals surface area contributed by atoms with Crippen molar-refractivity contribution in [1.82, 2.24) is 20.0 Å². The first-order valence-electron chi connectivity index (χ1n) is 11.3. The highest BCUT2D eigenvalue weighted by Crippen LogP contribution is 2.14. The second kappa shape index (κ2) is 13.4. The molecule has 2 fully saturated rings. The number of ether oxygens (including phenoxy) is 2. The van der Waals surface area contributed by atoms with Crippen LogP contribution in [0.1, 0.15) is 40.0 Å². The zero-order valence-electron chi connectivity index (χ0n) is 18.7. The molecule has 7 heteroatoms. The number of hydrogen-bond acceptors (Lipinski definition) is 5. The average molecular weight is 398 g/mol. The molecule has 2 aliphatic rings. The van der Waals surface area contributed by atoms with Gasteiger partial charge in [0.2, 0.25) is 0 Å². The van der Waals surface area contributed by atoms with Gasteiger partial charge in [-0.25, -0.2) is 0 Å². The number of rotatable bonds is 10. The minimum atomic E-state index is 0.379. The van der Waals surface area contributed by atoms with Gasteiger partial charge >= 0.3 is 0 Å². The molecule has 0 amide bonds. The van der Waals surface area contributed by atoms with Crippen LogP contribution in [0.15, 0.2) is 4.99 Å². The maximum absolute atomic E-state index is 5.99. The van der Waals surface area contributed by atoms with Crippen molar-refractivity contribution in [1.29, 1.82) is 0 Å². The molecule has 0 aromatic carbocycles. The minimum Gasteiger partial charge on any atom is -0.385 e. The molecule has 1 N–H and O–H groups in total. The molecule has 0 spiro atoms. The molecule has 2 heterocycles. The number of hydrogen-bond donors (Lipinski definition) is 1. The molecule has 0 bridgehead atoms. The molecule has 164 valence electrons. The summed E-state index contributed by atoms with van der Waals surface area (Å²) in [7, 11) is 1.74. The van der Waals surface area contributed by atoms with Crippen molar-refractivity contribution in [2.24, 2.45) is 4.99 Å². The molecule has 2 aliphatic heterocycles. The van der Waals surface area contributed by atoms with Crippen molar-refractivity contribution < 1.29 is 9.47 Å². The predicted octanol–water partition coefficient (Wildman–Crippen LogP) is 1.50. The Morgan fingerprint density at radius 1 is 1.07 bits per heavy atom. The Kier molecular flexibility index (Phi) is 11.2. The first-order chi connectivity index (χ1) is 13.7. The van der Waals surface area contributed by atoms with Gasteiger partial charge in [0.05, 0.1) is 12.6 Å². The van der Waals surface area contributed by atoms with Gasteiger partial charge in [-0.1, -0.05) is 6.92 Å². The van der Waals surface area contributed by atoms with Gasteiger partial charge in [0.1, 0.15) is 0 Å². The number of likely N-dealkylation sites (N-methyl/N-ethyl adjacent to an activating group) is 1. The average Bonchev–Trinajstić information content (AvgIpc) is 2.74. The van der Waals surface area contributed by atoms with Crippen LogP contribution in [0.2, 0.25) is 0 Å². The molecule has 0 aliphatic carbocycles. The van der Waals surface area contributed by atoms with E-state index in [2.05, 4.69) is 40.8 Å². The van der Waals surface area contributed by atoms with E-state index in [-0.39, 0.29) is 0 Å². The Morgan fingerprint density at radius 3 is 2.39 bits per heavy atom. The predicted molar refractivity (Wildman–Crippen MR) is 116 cm³/mol. The van der Waals surface area contributed by atoms with Crippen LogP contribution in [0.4, 0.5) is 0 Å². The van der Waals surface area contributed by atoms with Crippen LogP contribution in [0.5, 0.6) is 0 Å². The largest absolute Gasteiger partial charge is 0.385 e. The smallest absolute Gasteiger partial charge is 0.193 e. The molecule has 0 radical (unpaired) electrons. The topological polar surface area (TPSA) is 52.6 Å². The van der Waals surface area contributed by atoms with Crippen LogP contribution in [-0.2, 0) is 9.47 Å². The van der Waals surface area contributed by atoms with Gasteiger partial charge in [-0.2, -0.15) is 0 Å². The lowest BCUT2D eigenvalue weighted by atomic mass is 10.1. The monoisotopic (exact) mass is 397 g/mol. The van der Waals surface area contributed by atoms with E-state index < -0.39 is 0 Å². The highest BCUT2D eigenvalue weighted by Gasteiger charge is 2.23. The molecule has 28 heavy (non-hydrogen) atoms. The van der Waals surface area contributed by atoms with Crippen molar-refractivity contribution in [2.45, 2.75) is 52.2 Å². The molecular formula is C21H43N5O2. The molecule has 1 unspecified atom stereocenters. The number of aliphatic imine (C=N–C) groups is 1. The highest BCUT2D eigenvalue weighted by atomic mass is 16.5. The van der Waals surface area contributed by atoms with E-state index in [1.165, 1.54) is 13.1 Å². The third-order valence-electron chi connectivity index (χ3n) is 5.91. The molecule has 7 nitrogen and oxygen atoms in total. The van der Waals surface area contributed by atoms with Crippen LogP contribution >= 0.6 is 0 Å². The molecule has 2 saturated heterocycles. The zero-order chi connectivity index (χ0) is 20.2. The van der Waals surface area contributed by atoms with Crippen molar-refractivity contribution >= 4 is 5.96 Å². The van der Waals surface area contributed by atoms with Gasteiger partial charge < -0.3 is 24.6 Å². The van der Waals surface area contributed by atoms with E-state index in [9.17, 15) is 0 Å². The van der Waals surface area contributed by atoms with Crippen LogP contribution in [0.25, 0.3) is 0 Å². The summed E-state index contributed by atoms with van der Waals surface area (Å²) in [6, 6.07) is 0.495. The van der Waals surface area contributed by atoms with Crippen molar-refractivity contribution in [3.05, 3.63) is 0 Å². The summed E-state index contributed by atoms with van der Waals surface area (Å²) in [5.41, 5.74) is 0. The lowest BCUT2D eigenvalue weighted by molar-refractivity contribution is 0.00987. The second-order valence-corrected chi connectivity index (χ2v) is 7.92. The number of guanidine groups is 1. The van der Waals surface area contributed by atoms with Crippen LogP contribution in [0.3, 0.4) is 0 Å². The van der Waals surface area contributed by atoms with Crippen molar-refractivity contribution in [2.75, 3.05) is 79.2 Å². The fraction of sp³-hybridized carbons (Fsp3) is 0.952. The highest BCUT2D eigenvalue weighted by molar-refractivity contribution is 5.80. The van der Waals surface area contributed by atoms with E-state index in [4.69, 9.17) is 14.5 Å². The van der Waals surface area contributed by atoms with Gasteiger partial charge in [-0.15, -0.1) is 0 Å². The Morgan fingerprint density at radius 2 is 1.79 bits per heavy atom. The molecule has 0 saturated carbocycles. The molecule has 0 aromatic rings. The summed E-state index contributed by atoms with van der Waals surface area (Å²) in [5.74, 6) is 1.07. The number of methoxy groups -OCH3 is 1. The van der Waals surface area contributed by atoms with Gasteiger partial charge in [0.25, 0.3) is 0 Å². The lowest BCUT2D eigenvalue weighted by Gasteiger charge is -2.37. The van der Waals surface area contributed by atoms with E-state index in [1.807, 2.05) is 0 Å². The molecule has 1 atom stereocenters. The fourth-order valence-corrected chi connectivity index (χ4v) is 3.97.